The molecule has 1 rings (SSSR count). The van der Waals surface area contributed by atoms with Crippen LogP contribution in [0.2, 0.25) is 0 Å². The van der Waals surface area contributed by atoms with Crippen molar-refractivity contribution in [2.75, 3.05) is 5.73 Å². The molecule has 2 N–H and O–H groups in total. The molecule has 0 fully saturated rings. The van der Waals surface area contributed by atoms with Crippen molar-refractivity contribution in [2.45, 2.75) is 6.92 Å². The first-order chi connectivity index (χ1) is 5.24. The van der Waals surface area contributed by atoms with E-state index in [1.807, 2.05) is 6.92 Å². The topological polar surface area (TPSA) is 66.3 Å². The van der Waals surface area contributed by atoms with E-state index in [1.165, 1.54) is 0 Å². The van der Waals surface area contributed by atoms with E-state index < -0.39 is 0 Å². The maximum Gasteiger partial charge on any atom is 0.340 e. The molecule has 0 aromatic carbocycles. The molecule has 1 heterocycles. The number of nitrogen functional groups attached to an aromatic ring is 1. The Bertz CT molecular complexity index is 324. The van der Waals surface area contributed by atoms with Gasteiger partial charge in [0.1, 0.15) is 11.4 Å². The zero-order chi connectivity index (χ0) is 8.27. The van der Waals surface area contributed by atoms with Crippen molar-refractivity contribution >= 4 is 5.82 Å². The molecule has 0 aliphatic rings. The Morgan fingerprint density at radius 3 is 2.91 bits per heavy atom. The number of aromatic nitrogens is 1. The van der Waals surface area contributed by atoms with Crippen molar-refractivity contribution in [3.8, 4) is 6.07 Å². The second kappa shape index (κ2) is 2.88. The summed E-state index contributed by atoms with van der Waals surface area (Å²) in [5.41, 5.74) is 6.68. The van der Waals surface area contributed by atoms with Crippen molar-refractivity contribution in [2.24, 2.45) is 0 Å². The molecule has 11 heavy (non-hydrogen) atoms. The van der Waals surface area contributed by atoms with Gasteiger partial charge in [-0.15, -0.1) is 0 Å². The number of anilines is 1. The summed E-state index contributed by atoms with van der Waals surface area (Å²) >= 11 is 0. The molecule has 0 unspecified atom stereocenters. The van der Waals surface area contributed by atoms with E-state index in [2.05, 4.69) is 16.1 Å². The average molecular weight is 149 g/mol. The molecule has 1 aromatic rings. The van der Waals surface area contributed by atoms with Crippen molar-refractivity contribution in [1.82, 2.24) is 4.98 Å². The number of hydrogen-bond acceptors (Lipinski definition) is 3. The first kappa shape index (κ1) is 7.35. The zero-order valence-corrected chi connectivity index (χ0v) is 6.03. The summed E-state index contributed by atoms with van der Waals surface area (Å²) in [6.45, 7) is 1.81. The molecule has 0 saturated carbocycles. The summed E-state index contributed by atoms with van der Waals surface area (Å²) < 4.78 is 0. The fraction of sp³-hybridized carbons (Fsp3) is 0.143. The van der Waals surface area contributed by atoms with Gasteiger partial charge in [0.15, 0.2) is 0 Å². The van der Waals surface area contributed by atoms with Gasteiger partial charge < -0.3 is 10.9 Å². The molecular weight excluding hydrogens is 142 g/mol. The zero-order valence-electron chi connectivity index (χ0n) is 6.03. The lowest BCUT2D eigenvalue weighted by atomic mass is 10.2. The molecular formula is C7H7N3O. The van der Waals surface area contributed by atoms with E-state index in [-0.39, 0.29) is 5.82 Å². The highest BCUT2D eigenvalue weighted by Crippen LogP contribution is 2.07. The first-order valence-electron chi connectivity index (χ1n) is 3.05. The van der Waals surface area contributed by atoms with Crippen LogP contribution in [0.25, 0.3) is 5.01 Å². The summed E-state index contributed by atoms with van der Waals surface area (Å²) in [4.78, 5) is 3.91. The highest BCUT2D eigenvalue weighted by Gasteiger charge is 2.01. The highest BCUT2D eigenvalue weighted by atomic mass is 16.4. The molecule has 0 bridgehead atoms. The third kappa shape index (κ3) is 1.58. The van der Waals surface area contributed by atoms with Crippen LogP contribution in [0.4, 0.5) is 5.82 Å². The van der Waals surface area contributed by atoms with Crippen LogP contribution in [0.1, 0.15) is 11.3 Å². The smallest absolute Gasteiger partial charge is 0.340 e. The minimum atomic E-state index is 0.282. The van der Waals surface area contributed by atoms with Gasteiger partial charge in [-0.1, -0.05) is 0 Å². The van der Waals surface area contributed by atoms with Crippen molar-refractivity contribution in [3.05, 3.63) is 33.6 Å². The van der Waals surface area contributed by atoms with Gasteiger partial charge in [0.25, 0.3) is 0 Å². The minimum Gasteiger partial charge on any atom is -0.498 e. The van der Waals surface area contributed by atoms with Gasteiger partial charge in [-0.05, 0) is 19.1 Å². The summed E-state index contributed by atoms with van der Waals surface area (Å²) in [7, 11) is 0. The van der Waals surface area contributed by atoms with Gasteiger partial charge >= 0.3 is 6.07 Å². The highest BCUT2D eigenvalue weighted by molar-refractivity contribution is 5.49. The molecule has 0 atom stereocenters. The van der Waals surface area contributed by atoms with Crippen molar-refractivity contribution in [1.29, 1.82) is 0 Å². The van der Waals surface area contributed by atoms with Crippen molar-refractivity contribution < 1.29 is 0 Å². The molecule has 0 spiro atoms. The van der Waals surface area contributed by atoms with Crippen LogP contribution in [0.3, 0.4) is 0 Å². The Morgan fingerprint density at radius 1 is 1.64 bits per heavy atom. The van der Waals surface area contributed by atoms with Crippen molar-refractivity contribution in [3.63, 3.8) is 0 Å². The predicted octanol–water partition coefficient (Wildman–Crippen LogP) is 1.15. The van der Waals surface area contributed by atoms with E-state index in [4.69, 9.17) is 5.73 Å². The van der Waals surface area contributed by atoms with Crippen LogP contribution >= 0.6 is 0 Å². The molecule has 0 aliphatic carbocycles. The van der Waals surface area contributed by atoms with Gasteiger partial charge in [0, 0.05) is 10.7 Å². The minimum absolute atomic E-state index is 0.282. The maximum absolute atomic E-state index is 9.77. The van der Waals surface area contributed by atoms with E-state index in [9.17, 15) is 5.21 Å². The summed E-state index contributed by atoms with van der Waals surface area (Å²) in [5, 5.41) is 12.2. The summed E-state index contributed by atoms with van der Waals surface area (Å²) in [6.07, 6.45) is 0. The molecule has 1 aromatic heterocycles. The molecule has 56 valence electrons. The largest absolute Gasteiger partial charge is 0.498 e. The molecule has 0 radical (unpaired) electrons. The lowest BCUT2D eigenvalue weighted by Gasteiger charge is -1.93. The fourth-order valence-corrected chi connectivity index (χ4v) is 0.721. The number of nitrogens with two attached hydrogens (primary N) is 1. The maximum atomic E-state index is 9.77. The molecule has 0 saturated heterocycles. The summed E-state index contributed by atoms with van der Waals surface area (Å²) in [5.74, 6) is 0.282. The van der Waals surface area contributed by atoms with Crippen LogP contribution in [0.15, 0.2) is 12.1 Å². The Morgan fingerprint density at radius 2 is 2.36 bits per heavy atom. The lowest BCUT2D eigenvalue weighted by molar-refractivity contribution is 1.20. The average Bonchev–Trinajstić information content (AvgIpc) is 1.95. The molecule has 0 amide bonds. The van der Waals surface area contributed by atoms with E-state index in [1.54, 1.807) is 12.1 Å². The Balaban J connectivity index is 3.16. The lowest BCUT2D eigenvalue weighted by Crippen LogP contribution is -1.95. The van der Waals surface area contributed by atoms with Crippen LogP contribution in [0.5, 0.6) is 0 Å². The Labute approximate surface area is 64.1 Å². The summed E-state index contributed by atoms with van der Waals surface area (Å²) in [6, 6.07) is 5.58. The third-order valence-electron chi connectivity index (χ3n) is 1.23. The van der Waals surface area contributed by atoms with Crippen LogP contribution < -0.4 is 5.73 Å². The van der Waals surface area contributed by atoms with E-state index >= 15 is 0 Å². The van der Waals surface area contributed by atoms with Gasteiger partial charge in [-0.25, -0.2) is 4.98 Å². The number of rotatable bonds is 0. The first-order valence-corrected chi connectivity index (χ1v) is 3.05. The second-order valence-electron chi connectivity index (χ2n) is 2.09. The second-order valence-corrected chi connectivity index (χ2v) is 2.09. The normalized spacial score (nSPS) is 8.45. The quantitative estimate of drug-likeness (QED) is 0.562. The number of nitrogens with zero attached hydrogens (tertiary/aromatic N) is 2. The molecule has 4 heteroatoms. The Hall–Kier alpha value is -1.76. The van der Waals surface area contributed by atoms with E-state index in [0.717, 1.165) is 5.69 Å². The Kier molecular flexibility index (Phi) is 1.93. The van der Waals surface area contributed by atoms with E-state index in [0.29, 0.717) is 5.56 Å². The standard InChI is InChI=1S/C7H7N3O/c1-5-2-3-6(4-9-11)7(8)10-5/h2-3H,1H3,(H2,8,10). The monoisotopic (exact) mass is 149 g/mol. The van der Waals surface area contributed by atoms with Gasteiger partial charge in [0.05, 0.1) is 0 Å². The number of hydrogen-bond donors (Lipinski definition) is 1. The fourth-order valence-electron chi connectivity index (χ4n) is 0.721. The van der Waals surface area contributed by atoms with Gasteiger partial charge in [-0.2, -0.15) is 0 Å². The number of aryl methyl sites for hydroxylation is 1. The SMILES string of the molecule is Cc1ccc(C#[N+][O-])c(N)n1. The predicted molar refractivity (Wildman–Crippen MR) is 43.1 cm³/mol. The van der Waals surface area contributed by atoms with Gasteiger partial charge in [-0.3, -0.25) is 0 Å². The van der Waals surface area contributed by atoms with Crippen LogP contribution in [0, 0.1) is 18.2 Å². The molecule has 0 aliphatic heterocycles. The number of pyridine rings is 1. The third-order valence-corrected chi connectivity index (χ3v) is 1.23. The van der Waals surface area contributed by atoms with Crippen LogP contribution in [-0.4, -0.2) is 4.98 Å². The molecule has 4 nitrogen and oxygen atoms in total. The van der Waals surface area contributed by atoms with Crippen LogP contribution in [-0.2, 0) is 0 Å². The van der Waals surface area contributed by atoms with Gasteiger partial charge in [0.2, 0.25) is 0 Å².